The predicted molar refractivity (Wildman–Crippen MR) is 128 cm³/mol. The van der Waals surface area contributed by atoms with Crippen LogP contribution in [0.5, 0.6) is 0 Å². The highest BCUT2D eigenvalue weighted by Gasteiger charge is 2.42. The number of carboxylic acid groups (broad SMARTS) is 1. The quantitative estimate of drug-likeness (QED) is 0.561. The minimum atomic E-state index is -1.08. The summed E-state index contributed by atoms with van der Waals surface area (Å²) in [4.78, 5) is 37.0. The molecule has 1 fully saturated rings. The Morgan fingerprint density at radius 3 is 2.06 bits per heavy atom. The second kappa shape index (κ2) is 9.12. The lowest BCUT2D eigenvalue weighted by Crippen LogP contribution is -2.58. The van der Waals surface area contributed by atoms with Crippen molar-refractivity contribution >= 4 is 18.0 Å². The van der Waals surface area contributed by atoms with E-state index in [4.69, 9.17) is 4.74 Å². The molecule has 0 saturated heterocycles. The molecule has 180 valence electrons. The maximum atomic E-state index is 12.7. The highest BCUT2D eigenvalue weighted by Crippen LogP contribution is 2.44. The van der Waals surface area contributed by atoms with Gasteiger partial charge in [0.1, 0.15) is 12.6 Å². The average molecular weight is 465 g/mol. The predicted octanol–water partition coefficient (Wildman–Crippen LogP) is 4.45. The molecule has 0 heterocycles. The number of hydrogen-bond acceptors (Lipinski definition) is 4. The van der Waals surface area contributed by atoms with Gasteiger partial charge in [0.05, 0.1) is 5.54 Å². The van der Waals surface area contributed by atoms with Crippen molar-refractivity contribution in [3.05, 3.63) is 59.7 Å². The summed E-state index contributed by atoms with van der Waals surface area (Å²) >= 11 is 0. The molecule has 0 radical (unpaired) electrons. The Morgan fingerprint density at radius 1 is 1.03 bits per heavy atom. The van der Waals surface area contributed by atoms with E-state index in [9.17, 15) is 19.5 Å². The van der Waals surface area contributed by atoms with Gasteiger partial charge in [-0.15, -0.1) is 0 Å². The fourth-order valence-electron chi connectivity index (χ4n) is 4.97. The lowest BCUT2D eigenvalue weighted by atomic mass is 9.74. The van der Waals surface area contributed by atoms with E-state index >= 15 is 0 Å². The van der Waals surface area contributed by atoms with Crippen molar-refractivity contribution in [2.24, 2.45) is 5.41 Å². The van der Waals surface area contributed by atoms with Crippen LogP contribution in [0.15, 0.2) is 48.5 Å². The molecule has 1 saturated carbocycles. The Kier molecular flexibility index (Phi) is 6.39. The molecule has 1 unspecified atom stereocenters. The van der Waals surface area contributed by atoms with Crippen LogP contribution in [-0.4, -0.2) is 41.3 Å². The van der Waals surface area contributed by atoms with Crippen molar-refractivity contribution in [3.63, 3.8) is 0 Å². The Labute approximate surface area is 199 Å². The van der Waals surface area contributed by atoms with Crippen LogP contribution >= 0.6 is 0 Å². The van der Waals surface area contributed by atoms with Gasteiger partial charge in [-0.1, -0.05) is 69.3 Å². The number of alkyl carbamates (subject to hydrolysis) is 1. The van der Waals surface area contributed by atoms with E-state index in [0.29, 0.717) is 12.8 Å². The third-order valence-corrected chi connectivity index (χ3v) is 6.94. The number of fused-ring (bicyclic) bond motifs is 3. The summed E-state index contributed by atoms with van der Waals surface area (Å²) in [5.41, 5.74) is 3.26. The number of ether oxygens (including phenoxy) is 1. The van der Waals surface area contributed by atoms with E-state index < -0.39 is 29.1 Å². The van der Waals surface area contributed by atoms with Gasteiger partial charge in [-0.2, -0.15) is 0 Å². The molecule has 0 aliphatic heterocycles. The number of carbonyl (C=O) groups excluding carboxylic acids is 2. The summed E-state index contributed by atoms with van der Waals surface area (Å²) in [5.74, 6) is -1.50. The summed E-state index contributed by atoms with van der Waals surface area (Å²) in [5, 5.41) is 15.0. The number of carboxylic acids is 1. The molecule has 2 aromatic carbocycles. The zero-order valence-corrected chi connectivity index (χ0v) is 19.9. The fraction of sp³-hybridized carbons (Fsp3) is 0.444. The molecule has 2 amide bonds. The van der Waals surface area contributed by atoms with Crippen LogP contribution in [0.1, 0.15) is 63.5 Å². The molecule has 2 aliphatic rings. The van der Waals surface area contributed by atoms with Crippen molar-refractivity contribution in [2.45, 2.75) is 64.0 Å². The molecule has 1 atom stereocenters. The van der Waals surface area contributed by atoms with Gasteiger partial charge in [0.15, 0.2) is 0 Å². The molecule has 0 spiro atoms. The van der Waals surface area contributed by atoms with Gasteiger partial charge in [-0.3, -0.25) is 4.79 Å². The summed E-state index contributed by atoms with van der Waals surface area (Å²) < 4.78 is 5.65. The minimum absolute atomic E-state index is 0.0249. The van der Waals surface area contributed by atoms with Crippen molar-refractivity contribution in [1.82, 2.24) is 10.6 Å². The Balaban J connectivity index is 1.38. The van der Waals surface area contributed by atoms with Crippen LogP contribution in [-0.2, 0) is 14.3 Å². The first-order valence-corrected chi connectivity index (χ1v) is 11.7. The first kappa shape index (κ1) is 23.8. The number of benzene rings is 2. The van der Waals surface area contributed by atoms with Gasteiger partial charge in [0, 0.05) is 12.3 Å². The van der Waals surface area contributed by atoms with Crippen LogP contribution in [0, 0.1) is 5.41 Å². The first-order chi connectivity index (χ1) is 16.1. The topological polar surface area (TPSA) is 105 Å². The Morgan fingerprint density at radius 2 is 1.59 bits per heavy atom. The number of carbonyl (C=O) groups is 3. The van der Waals surface area contributed by atoms with Crippen LogP contribution in [0.25, 0.3) is 11.1 Å². The molecule has 2 aliphatic carbocycles. The Bertz CT molecular complexity index is 1050. The average Bonchev–Trinajstić information content (AvgIpc) is 3.07. The summed E-state index contributed by atoms with van der Waals surface area (Å²) in [6, 6.07) is 15.3. The molecule has 4 rings (SSSR count). The maximum Gasteiger partial charge on any atom is 0.407 e. The van der Waals surface area contributed by atoms with E-state index in [0.717, 1.165) is 28.7 Å². The monoisotopic (exact) mass is 464 g/mol. The number of nitrogens with one attached hydrogen (secondary N) is 2. The highest BCUT2D eigenvalue weighted by atomic mass is 16.5. The van der Waals surface area contributed by atoms with Gasteiger partial charge >= 0.3 is 12.1 Å². The highest BCUT2D eigenvalue weighted by molar-refractivity contribution is 5.85. The number of aliphatic carboxylic acids is 1. The minimum Gasteiger partial charge on any atom is -0.480 e. The van der Waals surface area contributed by atoms with Crippen molar-refractivity contribution in [3.8, 4) is 11.1 Å². The molecule has 7 nitrogen and oxygen atoms in total. The molecule has 7 heteroatoms. The lowest BCUT2D eigenvalue weighted by Gasteiger charge is -2.42. The van der Waals surface area contributed by atoms with Crippen LogP contribution < -0.4 is 10.6 Å². The van der Waals surface area contributed by atoms with E-state index in [1.807, 2.05) is 24.3 Å². The van der Waals surface area contributed by atoms with Gasteiger partial charge in [-0.25, -0.2) is 9.59 Å². The van der Waals surface area contributed by atoms with E-state index in [2.05, 4.69) is 34.9 Å². The van der Waals surface area contributed by atoms with E-state index in [1.165, 1.54) is 0 Å². The van der Waals surface area contributed by atoms with Crippen molar-refractivity contribution < 1.29 is 24.2 Å². The molecule has 2 aromatic rings. The largest absolute Gasteiger partial charge is 0.480 e. The molecule has 3 N–H and O–H groups in total. The maximum absolute atomic E-state index is 12.7. The van der Waals surface area contributed by atoms with Crippen molar-refractivity contribution in [1.29, 1.82) is 0 Å². The first-order valence-electron chi connectivity index (χ1n) is 11.7. The molecular weight excluding hydrogens is 432 g/mol. The van der Waals surface area contributed by atoms with Gasteiger partial charge in [0.25, 0.3) is 0 Å². The fourth-order valence-corrected chi connectivity index (χ4v) is 4.97. The summed E-state index contributed by atoms with van der Waals surface area (Å²) in [6.45, 7) is 5.49. The SMILES string of the molecule is CC(C)(C)C(NC(=O)CC1(NC(=O)OCC2c3ccccc3-c3ccccc32)CCC1)C(=O)O. The molecule has 34 heavy (non-hydrogen) atoms. The normalized spacial score (nSPS) is 17.0. The number of amides is 2. The molecular formula is C27H32N2O5. The third kappa shape index (κ3) is 4.79. The smallest absolute Gasteiger partial charge is 0.407 e. The Hall–Kier alpha value is -3.35. The number of rotatable bonds is 7. The third-order valence-electron chi connectivity index (χ3n) is 6.94. The zero-order valence-electron chi connectivity index (χ0n) is 19.9. The van der Waals surface area contributed by atoms with E-state index in [1.54, 1.807) is 20.8 Å². The van der Waals surface area contributed by atoms with Crippen LogP contribution in [0.3, 0.4) is 0 Å². The second-order valence-electron chi connectivity index (χ2n) is 10.5. The second-order valence-corrected chi connectivity index (χ2v) is 10.5. The van der Waals surface area contributed by atoms with E-state index in [-0.39, 0.29) is 24.9 Å². The van der Waals surface area contributed by atoms with Crippen molar-refractivity contribution in [2.75, 3.05) is 6.61 Å². The van der Waals surface area contributed by atoms with Gasteiger partial charge < -0.3 is 20.5 Å². The summed E-state index contributed by atoms with van der Waals surface area (Å²) in [7, 11) is 0. The lowest BCUT2D eigenvalue weighted by molar-refractivity contribution is -0.145. The summed E-state index contributed by atoms with van der Waals surface area (Å²) in [6.07, 6.45) is 1.66. The van der Waals surface area contributed by atoms with Gasteiger partial charge in [0.2, 0.25) is 5.91 Å². The standard InChI is InChI=1S/C27H32N2O5/c1-26(2,3)23(24(31)32)28-22(30)15-27(13-8-14-27)29-25(33)34-16-21-19-11-6-4-9-17(19)18-10-5-7-12-20(18)21/h4-7,9-12,21,23H,8,13-16H2,1-3H3,(H,28,30)(H,29,33)(H,31,32). The molecule has 0 bridgehead atoms. The molecule has 0 aromatic heterocycles. The number of hydrogen-bond donors (Lipinski definition) is 3. The van der Waals surface area contributed by atoms with Crippen LogP contribution in [0.4, 0.5) is 4.79 Å². The zero-order chi connectivity index (χ0) is 24.5. The van der Waals surface area contributed by atoms with Crippen LogP contribution in [0.2, 0.25) is 0 Å². The van der Waals surface area contributed by atoms with Gasteiger partial charge in [-0.05, 0) is 46.9 Å².